The van der Waals surface area contributed by atoms with Gasteiger partial charge in [0.05, 0.1) is 0 Å². The molecule has 1 fully saturated rings. The molecule has 1 heterocycles. The van der Waals surface area contributed by atoms with Crippen molar-refractivity contribution in [2.75, 3.05) is 0 Å². The van der Waals surface area contributed by atoms with Gasteiger partial charge in [0.1, 0.15) is 0 Å². The van der Waals surface area contributed by atoms with Gasteiger partial charge in [-0.1, -0.05) is 30.3 Å². The summed E-state index contributed by atoms with van der Waals surface area (Å²) in [6.07, 6.45) is 3.78. The van der Waals surface area contributed by atoms with Gasteiger partial charge in [0.25, 0.3) is 0 Å². The van der Waals surface area contributed by atoms with Gasteiger partial charge in [-0.25, -0.2) is 0 Å². The lowest BCUT2D eigenvalue weighted by Gasteiger charge is -2.48. The highest BCUT2D eigenvalue weighted by Crippen LogP contribution is 2.35. The molecule has 0 bridgehead atoms. The molecule has 94 valence electrons. The van der Waals surface area contributed by atoms with E-state index in [2.05, 4.69) is 63.3 Å². The Balaban J connectivity index is 2.07. The molecule has 1 aromatic rings. The van der Waals surface area contributed by atoms with E-state index in [9.17, 15) is 0 Å². The third kappa shape index (κ3) is 3.10. The maximum Gasteiger partial charge on any atom is 0.0161 e. The summed E-state index contributed by atoms with van der Waals surface area (Å²) in [5.74, 6) is 0.734. The van der Waals surface area contributed by atoms with Crippen LogP contribution in [0.5, 0.6) is 0 Å². The van der Waals surface area contributed by atoms with Crippen molar-refractivity contribution in [2.45, 2.75) is 58.0 Å². The average molecular weight is 231 g/mol. The molecule has 1 aliphatic heterocycles. The second kappa shape index (κ2) is 4.45. The van der Waals surface area contributed by atoms with E-state index in [-0.39, 0.29) is 11.1 Å². The maximum atomic E-state index is 3.80. The molecule has 1 unspecified atom stereocenters. The first-order chi connectivity index (χ1) is 7.89. The molecule has 1 atom stereocenters. The quantitative estimate of drug-likeness (QED) is 0.816. The van der Waals surface area contributed by atoms with Gasteiger partial charge in [-0.15, -0.1) is 0 Å². The van der Waals surface area contributed by atoms with E-state index >= 15 is 0 Å². The monoisotopic (exact) mass is 231 g/mol. The van der Waals surface area contributed by atoms with E-state index in [0.717, 1.165) is 5.92 Å². The summed E-state index contributed by atoms with van der Waals surface area (Å²) in [5, 5.41) is 3.80. The maximum absolute atomic E-state index is 3.80. The number of benzene rings is 1. The lowest BCUT2D eigenvalue weighted by atomic mass is 9.72. The highest BCUT2D eigenvalue weighted by atomic mass is 15.1. The van der Waals surface area contributed by atoms with E-state index in [1.54, 1.807) is 0 Å². The minimum absolute atomic E-state index is 0.234. The molecule has 1 aliphatic rings. The molecule has 0 aromatic heterocycles. The van der Waals surface area contributed by atoms with E-state index in [1.807, 2.05) is 0 Å². The van der Waals surface area contributed by atoms with E-state index in [4.69, 9.17) is 0 Å². The van der Waals surface area contributed by atoms with Crippen LogP contribution in [0.2, 0.25) is 0 Å². The van der Waals surface area contributed by atoms with Crippen molar-refractivity contribution in [2.24, 2.45) is 5.92 Å². The largest absolute Gasteiger partial charge is 0.307 e. The van der Waals surface area contributed by atoms with Crippen molar-refractivity contribution in [3.05, 3.63) is 35.9 Å². The zero-order valence-corrected chi connectivity index (χ0v) is 11.6. The van der Waals surface area contributed by atoms with Gasteiger partial charge < -0.3 is 5.32 Å². The molecule has 0 radical (unpaired) electrons. The van der Waals surface area contributed by atoms with Crippen molar-refractivity contribution >= 4 is 0 Å². The normalized spacial score (nSPS) is 26.7. The zero-order valence-electron chi connectivity index (χ0n) is 11.6. The third-order valence-electron chi connectivity index (χ3n) is 4.12. The smallest absolute Gasteiger partial charge is 0.0161 e. The highest BCUT2D eigenvalue weighted by Gasteiger charge is 2.39. The van der Waals surface area contributed by atoms with Crippen LogP contribution < -0.4 is 5.32 Å². The number of nitrogens with one attached hydrogen (secondary N) is 1. The van der Waals surface area contributed by atoms with Crippen LogP contribution in [0.25, 0.3) is 0 Å². The second-order valence-corrected chi connectivity index (χ2v) is 6.66. The summed E-state index contributed by atoms with van der Waals surface area (Å²) in [6.45, 7) is 9.32. The molecule has 0 spiro atoms. The van der Waals surface area contributed by atoms with Crippen LogP contribution in [0, 0.1) is 5.92 Å². The van der Waals surface area contributed by atoms with Crippen molar-refractivity contribution in [1.82, 2.24) is 5.32 Å². The molecule has 0 aliphatic carbocycles. The summed E-state index contributed by atoms with van der Waals surface area (Å²) < 4.78 is 0. The number of piperidine rings is 1. The first-order valence-electron chi connectivity index (χ1n) is 6.72. The van der Waals surface area contributed by atoms with Crippen LogP contribution in [0.3, 0.4) is 0 Å². The number of hydrogen-bond acceptors (Lipinski definition) is 1. The van der Waals surface area contributed by atoms with Crippen LogP contribution in [0.4, 0.5) is 0 Å². The fourth-order valence-electron chi connectivity index (χ4n) is 3.19. The molecule has 1 heteroatoms. The molecular weight excluding hydrogens is 206 g/mol. The molecule has 1 N–H and O–H groups in total. The molecule has 0 amide bonds. The summed E-state index contributed by atoms with van der Waals surface area (Å²) in [7, 11) is 0. The molecule has 0 saturated carbocycles. The van der Waals surface area contributed by atoms with Gasteiger partial charge in [-0.2, -0.15) is 0 Å². The van der Waals surface area contributed by atoms with Gasteiger partial charge in [-0.05, 0) is 58.4 Å². The van der Waals surface area contributed by atoms with Gasteiger partial charge in [0, 0.05) is 11.1 Å². The summed E-state index contributed by atoms with van der Waals surface area (Å²) in [6, 6.07) is 10.9. The van der Waals surface area contributed by atoms with E-state index in [0.29, 0.717) is 0 Å². The van der Waals surface area contributed by atoms with Crippen LogP contribution in [0.15, 0.2) is 30.3 Å². The summed E-state index contributed by atoms with van der Waals surface area (Å²) >= 11 is 0. The first-order valence-corrected chi connectivity index (χ1v) is 6.72. The Morgan fingerprint density at radius 1 is 1.12 bits per heavy atom. The third-order valence-corrected chi connectivity index (χ3v) is 4.12. The van der Waals surface area contributed by atoms with Gasteiger partial charge in [0.15, 0.2) is 0 Å². The standard InChI is InChI=1S/C16H25N/c1-15(2)11-10-14(16(3,4)17-15)12-13-8-6-5-7-9-13/h5-9,14,17H,10-12H2,1-4H3. The molecule has 1 nitrogen and oxygen atoms in total. The predicted molar refractivity (Wildman–Crippen MR) is 74.2 cm³/mol. The van der Waals surface area contributed by atoms with Gasteiger partial charge in [0.2, 0.25) is 0 Å². The predicted octanol–water partition coefficient (Wildman–Crippen LogP) is 3.79. The Bertz CT molecular complexity index is 364. The van der Waals surface area contributed by atoms with Crippen molar-refractivity contribution in [1.29, 1.82) is 0 Å². The SMILES string of the molecule is CC1(C)CCC(Cc2ccccc2)C(C)(C)N1. The Morgan fingerprint density at radius 2 is 1.76 bits per heavy atom. The minimum atomic E-state index is 0.234. The first kappa shape index (κ1) is 12.6. The van der Waals surface area contributed by atoms with Crippen LogP contribution in [-0.2, 0) is 6.42 Å². The molecule has 2 rings (SSSR count). The highest BCUT2D eigenvalue weighted by molar-refractivity contribution is 5.17. The second-order valence-electron chi connectivity index (χ2n) is 6.66. The van der Waals surface area contributed by atoms with Gasteiger partial charge >= 0.3 is 0 Å². The minimum Gasteiger partial charge on any atom is -0.307 e. The lowest BCUT2D eigenvalue weighted by molar-refractivity contribution is 0.112. The molecular formula is C16H25N. The Morgan fingerprint density at radius 3 is 2.35 bits per heavy atom. The van der Waals surface area contributed by atoms with Crippen molar-refractivity contribution < 1.29 is 0 Å². The number of rotatable bonds is 2. The Kier molecular flexibility index (Phi) is 3.31. The number of hydrogen-bond donors (Lipinski definition) is 1. The Labute approximate surface area is 106 Å². The van der Waals surface area contributed by atoms with Crippen LogP contribution in [0.1, 0.15) is 46.1 Å². The van der Waals surface area contributed by atoms with Crippen LogP contribution in [-0.4, -0.2) is 11.1 Å². The van der Waals surface area contributed by atoms with Crippen molar-refractivity contribution in [3.8, 4) is 0 Å². The fourth-order valence-corrected chi connectivity index (χ4v) is 3.19. The molecule has 17 heavy (non-hydrogen) atoms. The van der Waals surface area contributed by atoms with Crippen molar-refractivity contribution in [3.63, 3.8) is 0 Å². The van der Waals surface area contributed by atoms with Gasteiger partial charge in [-0.3, -0.25) is 0 Å². The lowest BCUT2D eigenvalue weighted by Crippen LogP contribution is -2.60. The van der Waals surface area contributed by atoms with Crippen LogP contribution >= 0.6 is 0 Å². The summed E-state index contributed by atoms with van der Waals surface area (Å²) in [5.41, 5.74) is 1.99. The van der Waals surface area contributed by atoms with E-state index < -0.39 is 0 Å². The molecule has 1 aromatic carbocycles. The zero-order chi connectivity index (χ0) is 12.5. The van der Waals surface area contributed by atoms with E-state index in [1.165, 1.54) is 24.8 Å². The topological polar surface area (TPSA) is 12.0 Å². The average Bonchev–Trinajstić information content (AvgIpc) is 2.22. The Hall–Kier alpha value is -0.820. The summed E-state index contributed by atoms with van der Waals surface area (Å²) in [4.78, 5) is 0. The molecule has 1 saturated heterocycles. The fraction of sp³-hybridized carbons (Fsp3) is 0.625.